The van der Waals surface area contributed by atoms with E-state index >= 15 is 0 Å². The average molecular weight is 538 g/mol. The fourth-order valence-corrected chi connectivity index (χ4v) is 3.95. The Bertz CT molecular complexity index is 1240. The molecule has 10 nitrogen and oxygen atoms in total. The van der Waals surface area contributed by atoms with Crippen molar-refractivity contribution < 1.29 is 59.0 Å². The fraction of sp³-hybridized carbons (Fsp3) is 0.409. The summed E-state index contributed by atoms with van der Waals surface area (Å²) in [5, 5.41) is 0. The zero-order chi connectivity index (χ0) is 27.4. The number of benzene rings is 2. The van der Waals surface area contributed by atoms with E-state index in [1.165, 1.54) is 55.6 Å². The normalized spacial score (nSPS) is 11.5. The number of carbonyl (C=O) groups excluding carboxylic acids is 1. The molecular weight excluding hydrogens is 513 g/mol. The highest BCUT2D eigenvalue weighted by atomic mass is 32.2. The molecular formula is C22H25F3O10S. The van der Waals surface area contributed by atoms with Crippen LogP contribution in [0.1, 0.15) is 12.5 Å². The van der Waals surface area contributed by atoms with Crippen molar-refractivity contribution in [2.75, 3.05) is 42.7 Å². The van der Waals surface area contributed by atoms with E-state index in [0.29, 0.717) is 0 Å². The number of ether oxygens (including phenoxy) is 6. The van der Waals surface area contributed by atoms with Gasteiger partial charge >= 0.3 is 15.6 Å². The lowest BCUT2D eigenvalue weighted by molar-refractivity contribution is -0.116. The number of halogens is 3. The highest BCUT2D eigenvalue weighted by Gasteiger charge is 2.49. The minimum atomic E-state index is -6.15. The highest BCUT2D eigenvalue weighted by molar-refractivity contribution is 7.88. The van der Waals surface area contributed by atoms with Crippen LogP contribution in [0.25, 0.3) is 11.1 Å². The third-order valence-corrected chi connectivity index (χ3v) is 5.84. The summed E-state index contributed by atoms with van der Waals surface area (Å²) in [4.78, 5) is 12.1. The predicted molar refractivity (Wildman–Crippen MR) is 121 cm³/mol. The molecule has 0 radical (unpaired) electrons. The Labute approximate surface area is 205 Å². The van der Waals surface area contributed by atoms with Gasteiger partial charge in [0.05, 0.1) is 48.2 Å². The minimum absolute atomic E-state index is 0.00349. The number of alkyl halides is 3. The van der Waals surface area contributed by atoms with Crippen molar-refractivity contribution in [3.05, 3.63) is 17.7 Å². The molecule has 0 saturated heterocycles. The van der Waals surface area contributed by atoms with Crippen molar-refractivity contribution in [1.82, 2.24) is 0 Å². The van der Waals surface area contributed by atoms with Crippen molar-refractivity contribution in [3.8, 4) is 51.4 Å². The Hall–Kier alpha value is -3.55. The molecule has 0 bridgehead atoms. The molecule has 0 heterocycles. The smallest absolute Gasteiger partial charge is 0.493 e. The van der Waals surface area contributed by atoms with Crippen molar-refractivity contribution in [2.45, 2.75) is 18.9 Å². The second-order valence-electron chi connectivity index (χ2n) is 7.06. The van der Waals surface area contributed by atoms with E-state index in [9.17, 15) is 26.4 Å². The first-order valence-electron chi connectivity index (χ1n) is 9.97. The number of hydrogen-bond acceptors (Lipinski definition) is 10. The van der Waals surface area contributed by atoms with Gasteiger partial charge in [0.1, 0.15) is 5.78 Å². The molecule has 0 saturated carbocycles. The molecule has 0 fully saturated rings. The summed E-state index contributed by atoms with van der Waals surface area (Å²) in [6, 6.07) is 2.28. The van der Waals surface area contributed by atoms with E-state index in [2.05, 4.69) is 4.18 Å². The van der Waals surface area contributed by atoms with Crippen LogP contribution in [0, 0.1) is 0 Å². The Morgan fingerprint density at radius 2 is 1.17 bits per heavy atom. The molecule has 2 aromatic rings. The molecule has 0 unspecified atom stereocenters. The fourth-order valence-electron chi connectivity index (χ4n) is 3.49. The summed E-state index contributed by atoms with van der Waals surface area (Å²) in [6.45, 7) is 1.28. The van der Waals surface area contributed by atoms with E-state index in [1.807, 2.05) is 0 Å². The average Bonchev–Trinajstić information content (AvgIpc) is 2.81. The van der Waals surface area contributed by atoms with Gasteiger partial charge in [0.15, 0.2) is 28.7 Å². The van der Waals surface area contributed by atoms with Crippen LogP contribution in [-0.2, 0) is 21.3 Å². The maximum Gasteiger partial charge on any atom is 0.534 e. The summed E-state index contributed by atoms with van der Waals surface area (Å²) in [7, 11) is 1.28. The Morgan fingerprint density at radius 3 is 1.56 bits per heavy atom. The molecule has 200 valence electrons. The zero-order valence-corrected chi connectivity index (χ0v) is 21.3. The number of methoxy groups -OCH3 is 6. The number of Topliss-reactive ketones (excluding diaryl/α,β-unsaturated/α-hetero) is 1. The summed E-state index contributed by atoms with van der Waals surface area (Å²) in [6.07, 6.45) is -0.255. The molecule has 0 aliphatic carbocycles. The third-order valence-electron chi connectivity index (χ3n) is 4.88. The monoisotopic (exact) mass is 538 g/mol. The molecule has 14 heteroatoms. The van der Waals surface area contributed by atoms with E-state index < -0.39 is 21.4 Å². The second-order valence-corrected chi connectivity index (χ2v) is 8.60. The van der Waals surface area contributed by atoms with Crippen molar-refractivity contribution in [3.63, 3.8) is 0 Å². The van der Waals surface area contributed by atoms with Crippen LogP contribution in [0.2, 0.25) is 0 Å². The van der Waals surface area contributed by atoms with Gasteiger partial charge in [0.2, 0.25) is 11.5 Å². The van der Waals surface area contributed by atoms with Gasteiger partial charge in [-0.25, -0.2) is 0 Å². The Morgan fingerprint density at radius 1 is 0.722 bits per heavy atom. The highest BCUT2D eigenvalue weighted by Crippen LogP contribution is 2.56. The quantitative estimate of drug-likeness (QED) is 0.309. The topological polar surface area (TPSA) is 116 Å². The van der Waals surface area contributed by atoms with Gasteiger partial charge in [-0.1, -0.05) is 0 Å². The standard InChI is InChI=1S/C22H25F3O10S/c1-11(26)8-12-9-14(29-2)18(31-4)20(33-6)16(12)17-13(35-36(27,28)22(23,24)25)10-15(30-3)19(32-5)21(17)34-7/h9-10H,8H2,1-7H3. The van der Waals surface area contributed by atoms with Crippen molar-refractivity contribution >= 4 is 15.9 Å². The predicted octanol–water partition coefficient (Wildman–Crippen LogP) is 3.77. The maximum absolute atomic E-state index is 13.3. The molecule has 0 atom stereocenters. The Balaban J connectivity index is 3.21. The van der Waals surface area contributed by atoms with Gasteiger partial charge in [0.25, 0.3) is 0 Å². The second kappa shape index (κ2) is 11.0. The van der Waals surface area contributed by atoms with Crippen LogP contribution in [0.4, 0.5) is 13.2 Å². The van der Waals surface area contributed by atoms with Gasteiger partial charge < -0.3 is 32.6 Å². The molecule has 36 heavy (non-hydrogen) atoms. The number of ketones is 1. The first-order chi connectivity index (χ1) is 16.8. The minimum Gasteiger partial charge on any atom is -0.493 e. The molecule has 0 amide bonds. The molecule has 0 aliphatic rings. The summed E-state index contributed by atoms with van der Waals surface area (Å²) in [5.74, 6) is -1.70. The van der Waals surface area contributed by atoms with Crippen LogP contribution in [0.5, 0.6) is 40.2 Å². The van der Waals surface area contributed by atoms with Gasteiger partial charge in [-0.15, -0.1) is 0 Å². The van der Waals surface area contributed by atoms with Crippen molar-refractivity contribution in [1.29, 1.82) is 0 Å². The van der Waals surface area contributed by atoms with E-state index in [0.717, 1.165) is 6.07 Å². The van der Waals surface area contributed by atoms with Crippen LogP contribution >= 0.6 is 0 Å². The summed E-state index contributed by atoms with van der Waals surface area (Å²) < 4.78 is 100. The van der Waals surface area contributed by atoms with Crippen LogP contribution in [0.15, 0.2) is 12.1 Å². The number of hydrogen-bond donors (Lipinski definition) is 0. The van der Waals surface area contributed by atoms with Crippen molar-refractivity contribution in [2.24, 2.45) is 0 Å². The third kappa shape index (κ3) is 5.32. The lowest BCUT2D eigenvalue weighted by atomic mass is 9.92. The Kier molecular flexibility index (Phi) is 8.78. The molecule has 2 aromatic carbocycles. The molecule has 2 rings (SSSR count). The van der Waals surface area contributed by atoms with E-state index in [1.54, 1.807) is 0 Å². The van der Waals surface area contributed by atoms with Crippen LogP contribution in [0.3, 0.4) is 0 Å². The van der Waals surface area contributed by atoms with Crippen LogP contribution in [-0.4, -0.2) is 62.4 Å². The summed E-state index contributed by atoms with van der Waals surface area (Å²) in [5.41, 5.74) is -5.97. The van der Waals surface area contributed by atoms with Crippen LogP contribution < -0.4 is 32.6 Å². The SMILES string of the molecule is COc1cc(CC(C)=O)c(-c2c(OS(=O)(=O)C(F)(F)F)cc(OC)c(OC)c2OC)c(OC)c1OC. The van der Waals surface area contributed by atoms with Gasteiger partial charge in [0, 0.05) is 18.1 Å². The number of rotatable bonds is 11. The molecule has 0 N–H and O–H groups in total. The number of carbonyl (C=O) groups is 1. The van der Waals surface area contributed by atoms with Gasteiger partial charge in [-0.05, 0) is 18.6 Å². The van der Waals surface area contributed by atoms with E-state index in [-0.39, 0.29) is 63.4 Å². The summed E-state index contributed by atoms with van der Waals surface area (Å²) >= 11 is 0. The lowest BCUT2D eigenvalue weighted by Crippen LogP contribution is -2.28. The van der Waals surface area contributed by atoms with Gasteiger partial charge in [-0.3, -0.25) is 4.79 Å². The zero-order valence-electron chi connectivity index (χ0n) is 20.5. The molecule has 0 aliphatic heterocycles. The lowest BCUT2D eigenvalue weighted by Gasteiger charge is -2.24. The largest absolute Gasteiger partial charge is 0.534 e. The molecule has 0 spiro atoms. The molecule has 0 aromatic heterocycles. The first kappa shape index (κ1) is 28.7. The van der Waals surface area contributed by atoms with E-state index in [4.69, 9.17) is 28.4 Å². The van der Waals surface area contributed by atoms with Gasteiger partial charge in [-0.2, -0.15) is 21.6 Å². The first-order valence-corrected chi connectivity index (χ1v) is 11.4. The maximum atomic E-state index is 13.3.